The molecule has 31 heavy (non-hydrogen) atoms. The first-order valence-corrected chi connectivity index (χ1v) is 11.6. The second-order valence-corrected chi connectivity index (χ2v) is 8.82. The molecule has 0 saturated carbocycles. The Labute approximate surface area is 183 Å². The number of aromatic nitrogens is 3. The molecular weight excluding hydrogens is 386 g/mol. The summed E-state index contributed by atoms with van der Waals surface area (Å²) in [6.45, 7) is 5.14. The van der Waals surface area contributed by atoms with E-state index >= 15 is 0 Å². The van der Waals surface area contributed by atoms with Crippen molar-refractivity contribution in [2.45, 2.75) is 38.5 Å². The van der Waals surface area contributed by atoms with Gasteiger partial charge in [0, 0.05) is 50.6 Å². The minimum Gasteiger partial charge on any atom is -0.354 e. The van der Waals surface area contributed by atoms with Gasteiger partial charge in [-0.1, -0.05) is 18.2 Å². The summed E-state index contributed by atoms with van der Waals surface area (Å²) in [7, 11) is 1.88. The molecule has 6 heteroatoms. The van der Waals surface area contributed by atoms with Crippen LogP contribution in [-0.4, -0.2) is 52.2 Å². The second-order valence-electron chi connectivity index (χ2n) is 8.82. The van der Waals surface area contributed by atoms with Crippen LogP contribution in [-0.2, 0) is 26.3 Å². The van der Waals surface area contributed by atoms with Crippen LogP contribution in [0.1, 0.15) is 36.3 Å². The predicted molar refractivity (Wildman–Crippen MR) is 125 cm³/mol. The summed E-state index contributed by atoms with van der Waals surface area (Å²) < 4.78 is 1.79. The molecule has 1 aromatic carbocycles. The molecule has 162 valence electrons. The van der Waals surface area contributed by atoms with Gasteiger partial charge in [0.05, 0.1) is 11.2 Å². The Morgan fingerprint density at radius 2 is 1.74 bits per heavy atom. The van der Waals surface area contributed by atoms with E-state index in [-0.39, 0.29) is 5.56 Å². The van der Waals surface area contributed by atoms with Crippen molar-refractivity contribution in [2.75, 3.05) is 37.6 Å². The van der Waals surface area contributed by atoms with Gasteiger partial charge in [-0.25, -0.2) is 9.97 Å². The van der Waals surface area contributed by atoms with Gasteiger partial charge in [0.2, 0.25) is 0 Å². The third kappa shape index (κ3) is 4.22. The first-order valence-electron chi connectivity index (χ1n) is 11.6. The van der Waals surface area contributed by atoms with Crippen molar-refractivity contribution >= 4 is 16.7 Å². The molecule has 5 rings (SSSR count). The smallest absolute Gasteiger partial charge is 0.256 e. The predicted octanol–water partition coefficient (Wildman–Crippen LogP) is 2.96. The number of rotatable bonds is 5. The van der Waals surface area contributed by atoms with Crippen LogP contribution < -0.4 is 10.5 Å². The molecule has 0 amide bonds. The number of anilines is 1. The van der Waals surface area contributed by atoms with Gasteiger partial charge in [0.1, 0.15) is 11.6 Å². The van der Waals surface area contributed by atoms with Crippen LogP contribution in [0.3, 0.4) is 0 Å². The molecule has 1 aliphatic heterocycles. The van der Waals surface area contributed by atoms with Gasteiger partial charge in [0.15, 0.2) is 0 Å². The first kappa shape index (κ1) is 20.2. The van der Waals surface area contributed by atoms with Gasteiger partial charge < -0.3 is 4.90 Å². The molecule has 3 heterocycles. The van der Waals surface area contributed by atoms with E-state index in [4.69, 9.17) is 9.97 Å². The third-order valence-electron chi connectivity index (χ3n) is 6.81. The van der Waals surface area contributed by atoms with Crippen LogP contribution in [0.4, 0.5) is 5.82 Å². The maximum atomic E-state index is 12.7. The number of benzene rings is 1. The molecule has 3 aromatic rings. The Morgan fingerprint density at radius 3 is 2.61 bits per heavy atom. The summed E-state index contributed by atoms with van der Waals surface area (Å²) in [6, 6.07) is 12.6. The zero-order valence-corrected chi connectivity index (χ0v) is 18.4. The normalized spacial score (nSPS) is 17.1. The number of fused-ring (bicyclic) bond motifs is 2. The fraction of sp³-hybridized carbons (Fsp3) is 0.480. The SMILES string of the molecule is Cn1c(CCCN2CCN(c3ccc4ccccc4n3)CC2)nc2c(c1=O)CCCC2. The molecule has 0 bridgehead atoms. The highest BCUT2D eigenvalue weighted by Gasteiger charge is 2.20. The van der Waals surface area contributed by atoms with Crippen molar-refractivity contribution < 1.29 is 0 Å². The van der Waals surface area contributed by atoms with Crippen LogP contribution in [0.25, 0.3) is 10.9 Å². The van der Waals surface area contributed by atoms with Crippen LogP contribution in [0, 0.1) is 0 Å². The first-order chi connectivity index (χ1) is 15.2. The Bertz CT molecular complexity index is 1130. The van der Waals surface area contributed by atoms with Crippen molar-refractivity contribution in [3.05, 3.63) is 63.8 Å². The molecule has 0 atom stereocenters. The summed E-state index contributed by atoms with van der Waals surface area (Å²) in [5.41, 5.74) is 3.25. The van der Waals surface area contributed by atoms with E-state index in [2.05, 4.69) is 40.1 Å². The van der Waals surface area contributed by atoms with Gasteiger partial charge >= 0.3 is 0 Å². The lowest BCUT2D eigenvalue weighted by Gasteiger charge is -2.35. The number of hydrogen-bond donors (Lipinski definition) is 0. The highest BCUT2D eigenvalue weighted by molar-refractivity contribution is 5.80. The van der Waals surface area contributed by atoms with E-state index in [9.17, 15) is 4.79 Å². The van der Waals surface area contributed by atoms with Crippen molar-refractivity contribution in [3.8, 4) is 0 Å². The van der Waals surface area contributed by atoms with Crippen LogP contribution in [0.2, 0.25) is 0 Å². The highest BCUT2D eigenvalue weighted by Crippen LogP contribution is 2.20. The Hall–Kier alpha value is -2.73. The van der Waals surface area contributed by atoms with Gasteiger partial charge in [-0.05, 0) is 56.8 Å². The standard InChI is InChI=1S/C25H31N5O/c1-28-23(27-22-10-5-3-8-20(22)25(28)31)11-6-14-29-15-17-30(18-16-29)24-13-12-19-7-2-4-9-21(19)26-24/h2,4,7,9,12-13H,3,5-6,8,10-11,14-18H2,1H3. The molecule has 0 spiro atoms. The van der Waals surface area contributed by atoms with E-state index in [1.807, 2.05) is 13.1 Å². The topological polar surface area (TPSA) is 54.3 Å². The second kappa shape index (κ2) is 8.79. The highest BCUT2D eigenvalue weighted by atomic mass is 16.1. The van der Waals surface area contributed by atoms with E-state index in [0.29, 0.717) is 0 Å². The van der Waals surface area contributed by atoms with Gasteiger partial charge in [0.25, 0.3) is 5.56 Å². The molecular formula is C25H31N5O. The van der Waals surface area contributed by atoms with E-state index < -0.39 is 0 Å². The average Bonchev–Trinajstić information content (AvgIpc) is 2.82. The summed E-state index contributed by atoms with van der Waals surface area (Å²) in [4.78, 5) is 27.3. The lowest BCUT2D eigenvalue weighted by molar-refractivity contribution is 0.253. The molecule has 1 saturated heterocycles. The number of nitrogens with zero attached hydrogens (tertiary/aromatic N) is 5. The van der Waals surface area contributed by atoms with Crippen molar-refractivity contribution in [3.63, 3.8) is 0 Å². The molecule has 6 nitrogen and oxygen atoms in total. The number of piperazine rings is 1. The summed E-state index contributed by atoms with van der Waals surface area (Å²) in [5.74, 6) is 2.02. The van der Waals surface area contributed by atoms with Crippen LogP contribution in [0.15, 0.2) is 41.2 Å². The Morgan fingerprint density at radius 1 is 0.935 bits per heavy atom. The maximum Gasteiger partial charge on any atom is 0.256 e. The van der Waals surface area contributed by atoms with Crippen LogP contribution >= 0.6 is 0 Å². The largest absolute Gasteiger partial charge is 0.354 e. The van der Waals surface area contributed by atoms with E-state index in [1.54, 1.807) is 4.57 Å². The number of aryl methyl sites for hydroxylation is 2. The molecule has 1 aliphatic carbocycles. The fourth-order valence-electron chi connectivity index (χ4n) is 4.91. The lowest BCUT2D eigenvalue weighted by atomic mass is 9.97. The number of pyridine rings is 1. The number of hydrogen-bond acceptors (Lipinski definition) is 5. The number of para-hydroxylation sites is 1. The Kier molecular flexibility index (Phi) is 5.72. The monoisotopic (exact) mass is 417 g/mol. The van der Waals surface area contributed by atoms with Gasteiger partial charge in [-0.3, -0.25) is 14.3 Å². The molecule has 0 N–H and O–H groups in total. The quantitative estimate of drug-likeness (QED) is 0.639. The molecule has 1 fully saturated rings. The average molecular weight is 418 g/mol. The van der Waals surface area contributed by atoms with E-state index in [1.165, 1.54) is 5.39 Å². The molecule has 0 radical (unpaired) electrons. The van der Waals surface area contributed by atoms with Crippen molar-refractivity contribution in [2.24, 2.45) is 7.05 Å². The zero-order valence-electron chi connectivity index (χ0n) is 18.4. The zero-order chi connectivity index (χ0) is 21.2. The molecule has 2 aliphatic rings. The lowest BCUT2D eigenvalue weighted by Crippen LogP contribution is -2.47. The minimum absolute atomic E-state index is 0.177. The molecule has 2 aromatic heterocycles. The maximum absolute atomic E-state index is 12.7. The fourth-order valence-corrected chi connectivity index (χ4v) is 4.91. The van der Waals surface area contributed by atoms with Crippen LogP contribution in [0.5, 0.6) is 0 Å². The summed E-state index contributed by atoms with van der Waals surface area (Å²) in [5, 5.41) is 1.19. The summed E-state index contributed by atoms with van der Waals surface area (Å²) in [6.07, 6.45) is 6.03. The Balaban J connectivity index is 1.15. The van der Waals surface area contributed by atoms with Gasteiger partial charge in [-0.2, -0.15) is 0 Å². The van der Waals surface area contributed by atoms with Gasteiger partial charge in [-0.15, -0.1) is 0 Å². The third-order valence-corrected chi connectivity index (χ3v) is 6.81. The summed E-state index contributed by atoms with van der Waals surface area (Å²) >= 11 is 0. The van der Waals surface area contributed by atoms with E-state index in [0.717, 1.165) is 99.7 Å². The van der Waals surface area contributed by atoms with Crippen molar-refractivity contribution in [1.82, 2.24) is 19.4 Å². The van der Waals surface area contributed by atoms with Crippen molar-refractivity contribution in [1.29, 1.82) is 0 Å². The molecule has 0 unspecified atom stereocenters. The minimum atomic E-state index is 0.177.